The minimum Gasteiger partial charge on any atom is -0.492 e. The molecule has 1 amide bonds. The van der Waals surface area contributed by atoms with E-state index in [2.05, 4.69) is 31.1 Å². The fourth-order valence-corrected chi connectivity index (χ4v) is 3.16. The van der Waals surface area contributed by atoms with Crippen molar-refractivity contribution in [2.24, 2.45) is 0 Å². The highest BCUT2D eigenvalue weighted by atomic mass is 16.5. The molecule has 0 saturated heterocycles. The van der Waals surface area contributed by atoms with Crippen molar-refractivity contribution in [1.29, 1.82) is 0 Å². The van der Waals surface area contributed by atoms with E-state index in [1.165, 1.54) is 0 Å². The molecular weight excluding hydrogens is 358 g/mol. The van der Waals surface area contributed by atoms with Crippen molar-refractivity contribution in [2.45, 2.75) is 19.9 Å². The molecule has 3 heterocycles. The Bertz CT molecular complexity index is 1030. The lowest BCUT2D eigenvalue weighted by Gasteiger charge is -2.27. The van der Waals surface area contributed by atoms with Gasteiger partial charge in [-0.1, -0.05) is 23.3 Å². The van der Waals surface area contributed by atoms with Gasteiger partial charge in [0.1, 0.15) is 11.8 Å². The summed E-state index contributed by atoms with van der Waals surface area (Å²) in [4.78, 5) is 17.7. The van der Waals surface area contributed by atoms with Crippen LogP contribution in [0.25, 0.3) is 0 Å². The van der Waals surface area contributed by atoms with Gasteiger partial charge in [-0.2, -0.15) is 4.68 Å². The second-order valence-corrected chi connectivity index (χ2v) is 6.15. The van der Waals surface area contributed by atoms with E-state index in [0.717, 1.165) is 0 Å². The first-order valence-corrected chi connectivity index (χ1v) is 8.88. The molecule has 0 fully saturated rings. The summed E-state index contributed by atoms with van der Waals surface area (Å²) in [7, 11) is 0. The highest BCUT2D eigenvalue weighted by molar-refractivity contribution is 6.06. The molecule has 1 aromatic carbocycles. The molecule has 142 valence electrons. The molecule has 4 rings (SSSR count). The van der Waals surface area contributed by atoms with Crippen LogP contribution in [0.15, 0.2) is 59.9 Å². The molecule has 0 spiro atoms. The lowest BCUT2D eigenvalue weighted by Crippen LogP contribution is -2.32. The molecule has 0 aliphatic carbocycles. The van der Waals surface area contributed by atoms with Crippen molar-refractivity contribution in [3.63, 3.8) is 0 Å². The number of benzene rings is 1. The normalized spacial score (nSPS) is 15.6. The highest BCUT2D eigenvalue weighted by Crippen LogP contribution is 2.34. The Balaban J connectivity index is 1.73. The Hall–Kier alpha value is -3.75. The highest BCUT2D eigenvalue weighted by Gasteiger charge is 2.35. The Labute approximate surface area is 161 Å². The van der Waals surface area contributed by atoms with E-state index in [4.69, 9.17) is 4.74 Å². The van der Waals surface area contributed by atoms with Gasteiger partial charge in [-0.05, 0) is 48.5 Å². The Morgan fingerprint density at radius 1 is 1.25 bits per heavy atom. The van der Waals surface area contributed by atoms with Crippen molar-refractivity contribution in [1.82, 2.24) is 25.2 Å². The number of carbonyl (C=O) groups is 1. The SMILES string of the molecule is CCOc1ccccc1NC(=O)C1=C(C)Nc2nnnn2C1c1ccccn1. The molecule has 2 N–H and O–H groups in total. The zero-order chi connectivity index (χ0) is 19.5. The smallest absolute Gasteiger partial charge is 0.256 e. The molecule has 1 aliphatic heterocycles. The number of para-hydroxylation sites is 2. The third-order valence-corrected chi connectivity index (χ3v) is 4.36. The number of amides is 1. The Kier molecular flexibility index (Phi) is 4.71. The summed E-state index contributed by atoms with van der Waals surface area (Å²) in [5, 5.41) is 17.8. The van der Waals surface area contributed by atoms with Crippen LogP contribution in [0.4, 0.5) is 11.6 Å². The van der Waals surface area contributed by atoms with Gasteiger partial charge in [-0.3, -0.25) is 9.78 Å². The minimum absolute atomic E-state index is 0.283. The van der Waals surface area contributed by atoms with Crippen molar-refractivity contribution in [3.8, 4) is 5.75 Å². The third-order valence-electron chi connectivity index (χ3n) is 4.36. The number of allylic oxidation sites excluding steroid dienone is 1. The van der Waals surface area contributed by atoms with Crippen molar-refractivity contribution in [2.75, 3.05) is 17.2 Å². The van der Waals surface area contributed by atoms with Gasteiger partial charge in [-0.25, -0.2) is 0 Å². The second kappa shape index (κ2) is 7.47. The predicted molar refractivity (Wildman–Crippen MR) is 103 cm³/mol. The van der Waals surface area contributed by atoms with Gasteiger partial charge >= 0.3 is 0 Å². The van der Waals surface area contributed by atoms with Crippen LogP contribution >= 0.6 is 0 Å². The molecule has 0 radical (unpaired) electrons. The van der Waals surface area contributed by atoms with Gasteiger partial charge in [0.2, 0.25) is 5.95 Å². The largest absolute Gasteiger partial charge is 0.492 e. The van der Waals surface area contributed by atoms with E-state index in [1.807, 2.05) is 50.2 Å². The predicted octanol–water partition coefficient (Wildman–Crippen LogP) is 2.39. The van der Waals surface area contributed by atoms with E-state index in [0.29, 0.717) is 41.0 Å². The summed E-state index contributed by atoms with van der Waals surface area (Å²) in [6.45, 7) is 4.21. The van der Waals surface area contributed by atoms with Crippen LogP contribution in [0.1, 0.15) is 25.6 Å². The number of tetrazole rings is 1. The van der Waals surface area contributed by atoms with Gasteiger partial charge in [0.05, 0.1) is 23.6 Å². The summed E-state index contributed by atoms with van der Waals surface area (Å²) < 4.78 is 7.17. The Morgan fingerprint density at radius 2 is 2.07 bits per heavy atom. The number of hydrogen-bond donors (Lipinski definition) is 2. The molecule has 1 unspecified atom stereocenters. The van der Waals surface area contributed by atoms with E-state index >= 15 is 0 Å². The van der Waals surface area contributed by atoms with Gasteiger partial charge in [0, 0.05) is 11.9 Å². The molecule has 9 nitrogen and oxygen atoms in total. The monoisotopic (exact) mass is 377 g/mol. The molecule has 0 saturated carbocycles. The first-order chi connectivity index (χ1) is 13.7. The summed E-state index contributed by atoms with van der Waals surface area (Å²) in [6.07, 6.45) is 1.68. The summed E-state index contributed by atoms with van der Waals surface area (Å²) in [5.41, 5.74) is 2.39. The lowest BCUT2D eigenvalue weighted by molar-refractivity contribution is -0.113. The number of hydrogen-bond acceptors (Lipinski definition) is 7. The molecule has 3 aromatic rings. The number of carbonyl (C=O) groups excluding carboxylic acids is 1. The summed E-state index contributed by atoms with van der Waals surface area (Å²) in [6, 6.07) is 12.3. The van der Waals surface area contributed by atoms with Gasteiger partial charge in [0.25, 0.3) is 5.91 Å². The summed E-state index contributed by atoms with van der Waals surface area (Å²) >= 11 is 0. The molecule has 0 bridgehead atoms. The van der Waals surface area contributed by atoms with E-state index < -0.39 is 6.04 Å². The molecule has 28 heavy (non-hydrogen) atoms. The first kappa shape index (κ1) is 17.7. The Morgan fingerprint density at radius 3 is 2.86 bits per heavy atom. The van der Waals surface area contributed by atoms with Crippen LogP contribution < -0.4 is 15.4 Å². The van der Waals surface area contributed by atoms with Crippen LogP contribution in [0.3, 0.4) is 0 Å². The van der Waals surface area contributed by atoms with Crippen molar-refractivity contribution in [3.05, 3.63) is 65.6 Å². The first-order valence-electron chi connectivity index (χ1n) is 8.88. The number of fused-ring (bicyclic) bond motifs is 1. The number of aromatic nitrogens is 5. The third kappa shape index (κ3) is 3.18. The zero-order valence-electron chi connectivity index (χ0n) is 15.5. The fourth-order valence-electron chi connectivity index (χ4n) is 3.16. The number of rotatable bonds is 5. The maximum atomic E-state index is 13.3. The number of anilines is 2. The van der Waals surface area contributed by atoms with Crippen LogP contribution in [0.5, 0.6) is 5.75 Å². The van der Waals surface area contributed by atoms with Crippen LogP contribution in [-0.2, 0) is 4.79 Å². The maximum Gasteiger partial charge on any atom is 0.256 e. The standard InChI is InChI=1S/C19H19N7O2/c1-3-28-15-10-5-4-8-13(15)22-18(27)16-12(2)21-19-23-24-25-26(19)17(16)14-9-6-7-11-20-14/h4-11,17H,3H2,1-2H3,(H,22,27)(H,21,23,25). The topological polar surface area (TPSA) is 107 Å². The van der Waals surface area contributed by atoms with Crippen LogP contribution in [0, 0.1) is 0 Å². The molecule has 1 atom stereocenters. The molecule has 1 aliphatic rings. The van der Waals surface area contributed by atoms with Crippen molar-refractivity contribution >= 4 is 17.5 Å². The van der Waals surface area contributed by atoms with E-state index in [1.54, 1.807) is 16.9 Å². The van der Waals surface area contributed by atoms with E-state index in [-0.39, 0.29) is 5.91 Å². The number of ether oxygens (including phenoxy) is 1. The van der Waals surface area contributed by atoms with Crippen LogP contribution in [-0.4, -0.2) is 37.7 Å². The van der Waals surface area contributed by atoms with Crippen molar-refractivity contribution < 1.29 is 9.53 Å². The molecule has 2 aromatic heterocycles. The van der Waals surface area contributed by atoms with E-state index in [9.17, 15) is 4.79 Å². The number of nitrogens with zero attached hydrogens (tertiary/aromatic N) is 5. The number of pyridine rings is 1. The average Bonchev–Trinajstić information content (AvgIpc) is 3.17. The summed E-state index contributed by atoms with van der Waals surface area (Å²) in [5.74, 6) is 0.784. The van der Waals surface area contributed by atoms with Crippen LogP contribution in [0.2, 0.25) is 0 Å². The van der Waals surface area contributed by atoms with Gasteiger partial charge < -0.3 is 15.4 Å². The van der Waals surface area contributed by atoms with Gasteiger partial charge in [0.15, 0.2) is 0 Å². The van der Waals surface area contributed by atoms with Gasteiger partial charge in [-0.15, -0.1) is 0 Å². The quantitative estimate of drug-likeness (QED) is 0.703. The maximum absolute atomic E-state index is 13.3. The zero-order valence-corrected chi connectivity index (χ0v) is 15.5. The average molecular weight is 377 g/mol. The second-order valence-electron chi connectivity index (χ2n) is 6.15. The fraction of sp³-hybridized carbons (Fsp3) is 0.211. The number of nitrogens with one attached hydrogen (secondary N) is 2. The molecular formula is C19H19N7O2. The minimum atomic E-state index is -0.549. The molecule has 9 heteroatoms. The lowest BCUT2D eigenvalue weighted by atomic mass is 9.98.